The van der Waals surface area contributed by atoms with Crippen molar-refractivity contribution in [2.24, 2.45) is 5.92 Å². The van der Waals surface area contributed by atoms with E-state index >= 15 is 0 Å². The molecule has 0 radical (unpaired) electrons. The number of hydrogen-bond donors (Lipinski definition) is 1. The van der Waals surface area contributed by atoms with Gasteiger partial charge in [-0.2, -0.15) is 5.10 Å². The lowest BCUT2D eigenvalue weighted by Crippen LogP contribution is -2.19. The lowest BCUT2D eigenvalue weighted by Gasteiger charge is -2.28. The highest BCUT2D eigenvalue weighted by Gasteiger charge is 2.30. The van der Waals surface area contributed by atoms with Gasteiger partial charge in [0.2, 0.25) is 5.69 Å². The predicted molar refractivity (Wildman–Crippen MR) is 66.5 cm³/mol. The lowest BCUT2D eigenvalue weighted by atomic mass is 9.84. The third-order valence-electron chi connectivity index (χ3n) is 3.87. The second-order valence-corrected chi connectivity index (χ2v) is 5.12. The van der Waals surface area contributed by atoms with Gasteiger partial charge in [0, 0.05) is 6.61 Å². The zero-order chi connectivity index (χ0) is 14.7. The summed E-state index contributed by atoms with van der Waals surface area (Å²) in [5, 5.41) is 23.3. The van der Waals surface area contributed by atoms with Gasteiger partial charge in [-0.3, -0.25) is 14.8 Å². The normalized spacial score (nSPS) is 23.2. The molecule has 1 aromatic rings. The van der Waals surface area contributed by atoms with Crippen molar-refractivity contribution >= 4 is 5.69 Å². The molecule has 1 saturated carbocycles. The van der Waals surface area contributed by atoms with E-state index in [4.69, 9.17) is 5.11 Å². The monoisotopic (exact) mass is 289 g/mol. The molecule has 0 spiro atoms. The first-order chi connectivity index (χ1) is 9.52. The number of nitrogens with zero attached hydrogens (tertiary/aromatic N) is 3. The summed E-state index contributed by atoms with van der Waals surface area (Å²) >= 11 is 0. The zero-order valence-electron chi connectivity index (χ0n) is 10.9. The molecule has 1 heterocycles. The Kier molecular flexibility index (Phi) is 4.64. The summed E-state index contributed by atoms with van der Waals surface area (Å²) in [6.07, 6.45) is 2.15. The van der Waals surface area contributed by atoms with Crippen LogP contribution in [0.2, 0.25) is 0 Å². The van der Waals surface area contributed by atoms with Gasteiger partial charge in [0.15, 0.2) is 0 Å². The van der Waals surface area contributed by atoms with Crippen molar-refractivity contribution in [1.82, 2.24) is 9.78 Å². The number of halogens is 2. The van der Waals surface area contributed by atoms with Crippen LogP contribution in [0.15, 0.2) is 6.20 Å². The van der Waals surface area contributed by atoms with E-state index in [1.807, 2.05) is 0 Å². The number of alkyl halides is 2. The summed E-state index contributed by atoms with van der Waals surface area (Å²) in [5.74, 6) is 0.441. The van der Waals surface area contributed by atoms with E-state index in [1.165, 1.54) is 4.68 Å². The second kappa shape index (κ2) is 6.25. The number of rotatable bonds is 5. The minimum Gasteiger partial charge on any atom is -0.396 e. The second-order valence-electron chi connectivity index (χ2n) is 5.12. The Morgan fingerprint density at radius 1 is 1.45 bits per heavy atom. The van der Waals surface area contributed by atoms with Gasteiger partial charge in [-0.1, -0.05) is 0 Å². The summed E-state index contributed by atoms with van der Waals surface area (Å²) in [4.78, 5) is 9.93. The van der Waals surface area contributed by atoms with E-state index in [1.54, 1.807) is 0 Å². The van der Waals surface area contributed by atoms with Crippen LogP contribution < -0.4 is 0 Å². The van der Waals surface area contributed by atoms with Crippen LogP contribution in [0.3, 0.4) is 0 Å². The Labute approximate surface area is 114 Å². The largest absolute Gasteiger partial charge is 0.396 e. The molecule has 0 aliphatic heterocycles. The highest BCUT2D eigenvalue weighted by atomic mass is 19.3. The number of aliphatic hydroxyl groups is 1. The maximum atomic E-state index is 12.7. The number of aromatic nitrogens is 2. The molecule has 8 heteroatoms. The molecule has 0 unspecified atom stereocenters. The van der Waals surface area contributed by atoms with Crippen LogP contribution in [0.5, 0.6) is 0 Å². The summed E-state index contributed by atoms with van der Waals surface area (Å²) in [6.45, 7) is 0.151. The van der Waals surface area contributed by atoms with Crippen molar-refractivity contribution in [1.29, 1.82) is 0 Å². The fraction of sp³-hybridized carbons (Fsp3) is 0.750. The Balaban J connectivity index is 2.10. The summed E-state index contributed by atoms with van der Waals surface area (Å²) < 4.78 is 26.8. The molecular weight excluding hydrogens is 272 g/mol. The van der Waals surface area contributed by atoms with E-state index in [-0.39, 0.29) is 12.6 Å². The molecule has 0 amide bonds. The molecule has 2 rings (SSSR count). The van der Waals surface area contributed by atoms with Crippen molar-refractivity contribution in [2.45, 2.75) is 44.6 Å². The van der Waals surface area contributed by atoms with Crippen LogP contribution in [0.4, 0.5) is 14.5 Å². The molecule has 1 aliphatic carbocycles. The minimum atomic E-state index is -2.94. The number of nitro groups is 1. The first-order valence-corrected chi connectivity index (χ1v) is 6.65. The zero-order valence-corrected chi connectivity index (χ0v) is 10.9. The topological polar surface area (TPSA) is 81.2 Å². The van der Waals surface area contributed by atoms with Gasteiger partial charge in [0.1, 0.15) is 6.20 Å². The summed E-state index contributed by atoms with van der Waals surface area (Å²) in [6, 6.07) is -0.0730. The number of hydrogen-bond acceptors (Lipinski definition) is 4. The summed E-state index contributed by atoms with van der Waals surface area (Å²) in [5.41, 5.74) is -1.37. The molecule has 1 fully saturated rings. The van der Waals surface area contributed by atoms with E-state index < -0.39 is 22.7 Å². The van der Waals surface area contributed by atoms with E-state index in [0.29, 0.717) is 5.92 Å². The van der Waals surface area contributed by atoms with Crippen molar-refractivity contribution < 1.29 is 18.8 Å². The smallest absolute Gasteiger partial charge is 0.316 e. The minimum absolute atomic E-state index is 0.0730. The van der Waals surface area contributed by atoms with Crippen molar-refractivity contribution in [3.05, 3.63) is 22.0 Å². The van der Waals surface area contributed by atoms with Crippen LogP contribution in [0, 0.1) is 16.0 Å². The molecule has 1 aromatic heterocycles. The molecular formula is C12H17F2N3O3. The highest BCUT2D eigenvalue weighted by Crippen LogP contribution is 2.36. The SMILES string of the molecule is O=[N+]([O-])c1cn(C2CCC(CCO)CC2)nc1C(F)F. The Bertz CT molecular complexity index is 471. The quantitative estimate of drug-likeness (QED) is 0.667. The van der Waals surface area contributed by atoms with Gasteiger partial charge in [-0.15, -0.1) is 0 Å². The van der Waals surface area contributed by atoms with Crippen molar-refractivity contribution in [3.8, 4) is 0 Å². The molecule has 0 atom stereocenters. The van der Waals surface area contributed by atoms with Crippen LogP contribution in [0.25, 0.3) is 0 Å². The molecule has 20 heavy (non-hydrogen) atoms. The Hall–Kier alpha value is -1.57. The molecule has 1 aliphatic rings. The standard InChI is InChI=1S/C12H17F2N3O3/c13-12(14)11-10(17(19)20)7-16(15-11)9-3-1-8(2-4-9)5-6-18/h7-9,12,18H,1-6H2. The van der Waals surface area contributed by atoms with E-state index in [0.717, 1.165) is 38.3 Å². The highest BCUT2D eigenvalue weighted by molar-refractivity contribution is 5.33. The van der Waals surface area contributed by atoms with Crippen molar-refractivity contribution in [2.75, 3.05) is 6.61 Å². The van der Waals surface area contributed by atoms with Crippen LogP contribution >= 0.6 is 0 Å². The van der Waals surface area contributed by atoms with E-state index in [2.05, 4.69) is 5.10 Å². The lowest BCUT2D eigenvalue weighted by molar-refractivity contribution is -0.386. The maximum absolute atomic E-state index is 12.7. The van der Waals surface area contributed by atoms with Gasteiger partial charge in [-0.25, -0.2) is 8.78 Å². The molecule has 0 aromatic carbocycles. The average molecular weight is 289 g/mol. The Morgan fingerprint density at radius 2 is 2.10 bits per heavy atom. The van der Waals surface area contributed by atoms with Crippen LogP contribution in [-0.4, -0.2) is 26.4 Å². The third-order valence-corrected chi connectivity index (χ3v) is 3.87. The van der Waals surface area contributed by atoms with Crippen LogP contribution in [-0.2, 0) is 0 Å². The fourth-order valence-corrected chi connectivity index (χ4v) is 2.76. The molecule has 0 bridgehead atoms. The van der Waals surface area contributed by atoms with Gasteiger partial charge < -0.3 is 5.11 Å². The third kappa shape index (κ3) is 3.12. The van der Waals surface area contributed by atoms with Crippen LogP contribution in [0.1, 0.15) is 50.3 Å². The fourth-order valence-electron chi connectivity index (χ4n) is 2.76. The molecule has 0 saturated heterocycles. The molecule has 6 nitrogen and oxygen atoms in total. The average Bonchev–Trinajstić information content (AvgIpc) is 2.85. The molecule has 112 valence electrons. The molecule has 1 N–H and O–H groups in total. The number of aliphatic hydroxyl groups excluding tert-OH is 1. The van der Waals surface area contributed by atoms with Gasteiger partial charge in [0.25, 0.3) is 6.43 Å². The van der Waals surface area contributed by atoms with Gasteiger partial charge >= 0.3 is 5.69 Å². The Morgan fingerprint density at radius 3 is 2.55 bits per heavy atom. The first-order valence-electron chi connectivity index (χ1n) is 6.65. The van der Waals surface area contributed by atoms with Gasteiger partial charge in [0.05, 0.1) is 11.0 Å². The predicted octanol–water partition coefficient (Wildman–Crippen LogP) is 2.84. The maximum Gasteiger partial charge on any atom is 0.316 e. The first kappa shape index (κ1) is 14.8. The summed E-state index contributed by atoms with van der Waals surface area (Å²) in [7, 11) is 0. The van der Waals surface area contributed by atoms with Gasteiger partial charge in [-0.05, 0) is 38.0 Å². The van der Waals surface area contributed by atoms with E-state index in [9.17, 15) is 18.9 Å². The van der Waals surface area contributed by atoms with Crippen molar-refractivity contribution in [3.63, 3.8) is 0 Å².